The zero-order chi connectivity index (χ0) is 13.8. The molecule has 3 N–H and O–H groups in total. The lowest BCUT2D eigenvalue weighted by atomic mass is 10.2. The molecule has 1 atom stereocenters. The van der Waals surface area contributed by atoms with Gasteiger partial charge in [-0.1, -0.05) is 0 Å². The third-order valence-corrected chi connectivity index (χ3v) is 3.86. The lowest BCUT2D eigenvalue weighted by Crippen LogP contribution is -2.35. The summed E-state index contributed by atoms with van der Waals surface area (Å²) in [5.41, 5.74) is 5.99. The minimum absolute atomic E-state index is 0.0375. The van der Waals surface area contributed by atoms with Crippen molar-refractivity contribution in [1.29, 1.82) is 5.26 Å². The van der Waals surface area contributed by atoms with Gasteiger partial charge in [-0.05, 0) is 25.1 Å². The van der Waals surface area contributed by atoms with Crippen LogP contribution in [0.3, 0.4) is 0 Å². The summed E-state index contributed by atoms with van der Waals surface area (Å²) < 4.78 is 31.3. The maximum atomic E-state index is 12.0. The van der Waals surface area contributed by atoms with Crippen LogP contribution in [-0.4, -0.2) is 28.2 Å². The van der Waals surface area contributed by atoms with E-state index >= 15 is 0 Å². The fourth-order valence-corrected chi connectivity index (χ4v) is 2.82. The second kappa shape index (κ2) is 5.82. The van der Waals surface area contributed by atoms with Crippen LogP contribution in [-0.2, 0) is 14.8 Å². The molecular formula is C11H15N3O3S. The van der Waals surface area contributed by atoms with Crippen molar-refractivity contribution >= 4 is 15.7 Å². The van der Waals surface area contributed by atoms with E-state index in [2.05, 4.69) is 4.72 Å². The molecule has 0 heterocycles. The van der Waals surface area contributed by atoms with E-state index in [0.717, 1.165) is 0 Å². The largest absolute Gasteiger partial charge is 0.398 e. The fourth-order valence-electron chi connectivity index (χ4n) is 1.48. The van der Waals surface area contributed by atoms with Gasteiger partial charge in [-0.15, -0.1) is 0 Å². The van der Waals surface area contributed by atoms with Crippen molar-refractivity contribution in [2.45, 2.75) is 17.9 Å². The van der Waals surface area contributed by atoms with Gasteiger partial charge in [-0.25, -0.2) is 13.1 Å². The molecule has 1 unspecified atom stereocenters. The Bertz CT molecular complexity index is 563. The summed E-state index contributed by atoms with van der Waals surface area (Å²) in [6.07, 6.45) is 0. The van der Waals surface area contributed by atoms with E-state index in [0.29, 0.717) is 5.56 Å². The van der Waals surface area contributed by atoms with Gasteiger partial charge in [0.2, 0.25) is 10.0 Å². The molecule has 1 rings (SSSR count). The molecule has 0 amide bonds. The minimum atomic E-state index is -3.70. The number of nitriles is 1. The Morgan fingerprint density at radius 2 is 2.22 bits per heavy atom. The smallest absolute Gasteiger partial charge is 0.242 e. The first-order valence-electron chi connectivity index (χ1n) is 5.21. The van der Waals surface area contributed by atoms with Gasteiger partial charge in [0.05, 0.1) is 23.9 Å². The highest BCUT2D eigenvalue weighted by Gasteiger charge is 2.20. The van der Waals surface area contributed by atoms with Gasteiger partial charge >= 0.3 is 0 Å². The van der Waals surface area contributed by atoms with E-state index in [1.54, 1.807) is 6.92 Å². The van der Waals surface area contributed by atoms with Gasteiger partial charge < -0.3 is 10.5 Å². The topological polar surface area (TPSA) is 105 Å². The summed E-state index contributed by atoms with van der Waals surface area (Å²) in [6.45, 7) is 1.94. The Morgan fingerprint density at radius 1 is 1.56 bits per heavy atom. The first-order valence-corrected chi connectivity index (χ1v) is 6.70. The molecule has 0 aliphatic heterocycles. The van der Waals surface area contributed by atoms with Crippen LogP contribution in [0.15, 0.2) is 23.1 Å². The molecule has 98 valence electrons. The van der Waals surface area contributed by atoms with Gasteiger partial charge in [-0.3, -0.25) is 0 Å². The van der Waals surface area contributed by atoms with E-state index in [9.17, 15) is 8.42 Å². The van der Waals surface area contributed by atoms with E-state index in [1.165, 1.54) is 25.3 Å². The summed E-state index contributed by atoms with van der Waals surface area (Å²) in [6, 6.07) is 5.58. The van der Waals surface area contributed by atoms with E-state index in [1.807, 2.05) is 6.07 Å². The van der Waals surface area contributed by atoms with Gasteiger partial charge in [0.25, 0.3) is 0 Å². The van der Waals surface area contributed by atoms with Crippen molar-refractivity contribution < 1.29 is 13.2 Å². The number of nitrogens with zero attached hydrogens (tertiary/aromatic N) is 1. The van der Waals surface area contributed by atoms with Gasteiger partial charge in [0, 0.05) is 13.2 Å². The molecule has 18 heavy (non-hydrogen) atoms. The van der Waals surface area contributed by atoms with Crippen LogP contribution in [0.4, 0.5) is 5.69 Å². The van der Waals surface area contributed by atoms with Crippen molar-refractivity contribution in [2.75, 3.05) is 19.5 Å². The standard InChI is InChI=1S/C11H15N3O3S/c1-8(7-17-2)14-18(15,16)11-4-3-9(6-12)5-10(11)13/h3-5,8,14H,7,13H2,1-2H3. The van der Waals surface area contributed by atoms with Crippen LogP contribution in [0.25, 0.3) is 0 Å². The molecule has 0 aliphatic carbocycles. The monoisotopic (exact) mass is 269 g/mol. The van der Waals surface area contributed by atoms with E-state index in [-0.39, 0.29) is 23.2 Å². The summed E-state index contributed by atoms with van der Waals surface area (Å²) in [7, 11) is -2.21. The molecule has 1 aromatic carbocycles. The molecule has 0 aromatic heterocycles. The molecule has 0 aliphatic rings. The first kappa shape index (κ1) is 14.4. The Morgan fingerprint density at radius 3 is 2.72 bits per heavy atom. The maximum absolute atomic E-state index is 12.0. The van der Waals surface area contributed by atoms with Crippen LogP contribution >= 0.6 is 0 Å². The predicted octanol–water partition coefficient (Wildman–Crippen LogP) is 0.454. The zero-order valence-electron chi connectivity index (χ0n) is 10.2. The Balaban J connectivity index is 3.03. The van der Waals surface area contributed by atoms with Crippen LogP contribution in [0.2, 0.25) is 0 Å². The summed E-state index contributed by atoms with van der Waals surface area (Å²) in [5.74, 6) is 0. The van der Waals surface area contributed by atoms with Gasteiger partial charge in [-0.2, -0.15) is 5.26 Å². The van der Waals surface area contributed by atoms with Crippen molar-refractivity contribution in [3.63, 3.8) is 0 Å². The lowest BCUT2D eigenvalue weighted by molar-refractivity contribution is 0.180. The Kier molecular flexibility index (Phi) is 4.67. The van der Waals surface area contributed by atoms with Crippen LogP contribution in [0.1, 0.15) is 12.5 Å². The van der Waals surface area contributed by atoms with E-state index in [4.69, 9.17) is 15.7 Å². The molecule has 7 heteroatoms. The number of hydrogen-bond donors (Lipinski definition) is 2. The average Bonchev–Trinajstić information content (AvgIpc) is 2.27. The predicted molar refractivity (Wildman–Crippen MR) is 67.2 cm³/mol. The van der Waals surface area contributed by atoms with Crippen molar-refractivity contribution in [1.82, 2.24) is 4.72 Å². The third kappa shape index (κ3) is 3.43. The molecule has 0 saturated heterocycles. The summed E-state index contributed by atoms with van der Waals surface area (Å²) >= 11 is 0. The number of nitrogen functional groups attached to an aromatic ring is 1. The average molecular weight is 269 g/mol. The molecule has 0 saturated carbocycles. The highest BCUT2D eigenvalue weighted by molar-refractivity contribution is 7.89. The molecule has 0 bridgehead atoms. The van der Waals surface area contributed by atoms with Crippen LogP contribution < -0.4 is 10.5 Å². The van der Waals surface area contributed by atoms with Crippen molar-refractivity contribution in [2.24, 2.45) is 0 Å². The van der Waals surface area contributed by atoms with E-state index < -0.39 is 10.0 Å². The Labute approximate surface area is 106 Å². The first-order chi connectivity index (χ1) is 8.40. The maximum Gasteiger partial charge on any atom is 0.242 e. The molecule has 0 spiro atoms. The number of benzene rings is 1. The number of rotatable bonds is 5. The quantitative estimate of drug-likeness (QED) is 0.755. The van der Waals surface area contributed by atoms with Crippen molar-refractivity contribution in [3.05, 3.63) is 23.8 Å². The molecular weight excluding hydrogens is 254 g/mol. The highest BCUT2D eigenvalue weighted by Crippen LogP contribution is 2.19. The number of sulfonamides is 1. The summed E-state index contributed by atoms with van der Waals surface area (Å²) in [5, 5.41) is 8.68. The van der Waals surface area contributed by atoms with Crippen molar-refractivity contribution in [3.8, 4) is 6.07 Å². The SMILES string of the molecule is COCC(C)NS(=O)(=O)c1ccc(C#N)cc1N. The number of nitrogens with one attached hydrogen (secondary N) is 1. The zero-order valence-corrected chi connectivity index (χ0v) is 11.0. The second-order valence-electron chi connectivity index (χ2n) is 3.84. The van der Waals surface area contributed by atoms with Crippen LogP contribution in [0, 0.1) is 11.3 Å². The Hall–Kier alpha value is -1.62. The number of hydrogen-bond acceptors (Lipinski definition) is 5. The molecule has 1 aromatic rings. The normalized spacial score (nSPS) is 12.9. The third-order valence-electron chi connectivity index (χ3n) is 2.20. The second-order valence-corrected chi connectivity index (χ2v) is 5.52. The minimum Gasteiger partial charge on any atom is -0.398 e. The number of ether oxygens (including phenoxy) is 1. The fraction of sp³-hybridized carbons (Fsp3) is 0.364. The van der Waals surface area contributed by atoms with Gasteiger partial charge in [0.15, 0.2) is 0 Å². The number of methoxy groups -OCH3 is 1. The number of nitrogens with two attached hydrogens (primary N) is 1. The highest BCUT2D eigenvalue weighted by atomic mass is 32.2. The summed E-state index contributed by atoms with van der Waals surface area (Å²) in [4.78, 5) is -0.0375. The lowest BCUT2D eigenvalue weighted by Gasteiger charge is -2.14. The molecule has 0 radical (unpaired) electrons. The number of anilines is 1. The van der Waals surface area contributed by atoms with Gasteiger partial charge in [0.1, 0.15) is 4.90 Å². The van der Waals surface area contributed by atoms with Crippen LogP contribution in [0.5, 0.6) is 0 Å². The molecule has 0 fully saturated rings. The molecule has 6 nitrogen and oxygen atoms in total.